The van der Waals surface area contributed by atoms with Crippen molar-refractivity contribution in [3.05, 3.63) is 40.2 Å². The molecule has 1 heterocycles. The van der Waals surface area contributed by atoms with E-state index in [1.54, 1.807) is 11.3 Å². The number of hydrogen-bond acceptors (Lipinski definition) is 3. The fourth-order valence-electron chi connectivity index (χ4n) is 1.97. The number of likely N-dealkylation sites (N-methyl/N-ethyl adjacent to an activating group) is 1. The second kappa shape index (κ2) is 6.83. The van der Waals surface area contributed by atoms with Gasteiger partial charge in [0.15, 0.2) is 0 Å². The molecule has 19 heavy (non-hydrogen) atoms. The van der Waals surface area contributed by atoms with Crippen LogP contribution in [0.3, 0.4) is 0 Å². The van der Waals surface area contributed by atoms with Gasteiger partial charge in [0.05, 0.1) is 10.7 Å². The second-order valence-corrected chi connectivity index (χ2v) is 5.95. The van der Waals surface area contributed by atoms with Crippen LogP contribution < -0.4 is 5.32 Å². The van der Waals surface area contributed by atoms with E-state index in [4.69, 9.17) is 4.98 Å². The molecule has 1 aromatic heterocycles. The van der Waals surface area contributed by atoms with Crippen molar-refractivity contribution in [1.82, 2.24) is 10.3 Å². The molecule has 0 saturated carbocycles. The second-order valence-electron chi connectivity index (χ2n) is 5.01. The zero-order valence-electron chi connectivity index (χ0n) is 11.9. The summed E-state index contributed by atoms with van der Waals surface area (Å²) in [4.78, 5) is 4.71. The van der Waals surface area contributed by atoms with Crippen LogP contribution in [0.25, 0.3) is 11.3 Å². The Balaban J connectivity index is 2.05. The molecule has 0 unspecified atom stereocenters. The van der Waals surface area contributed by atoms with Crippen LogP contribution in [-0.2, 0) is 6.42 Å². The fraction of sp³-hybridized carbons (Fsp3) is 0.438. The molecule has 0 fully saturated rings. The first-order valence-electron chi connectivity index (χ1n) is 6.96. The van der Waals surface area contributed by atoms with Gasteiger partial charge in [0.25, 0.3) is 0 Å². The molecule has 1 aromatic carbocycles. The molecule has 2 aromatic rings. The quantitative estimate of drug-likeness (QED) is 0.803. The molecule has 0 aliphatic rings. The van der Waals surface area contributed by atoms with Gasteiger partial charge in [-0.25, -0.2) is 4.98 Å². The zero-order chi connectivity index (χ0) is 13.7. The highest BCUT2D eigenvalue weighted by Gasteiger charge is 2.05. The predicted octanol–water partition coefficient (Wildman–Crippen LogP) is 4.09. The SMILES string of the molecule is CCNCCc1nc(-c2ccc(C(C)C)cc2)cs1. The molecule has 2 rings (SSSR count). The van der Waals surface area contributed by atoms with E-state index < -0.39 is 0 Å². The first kappa shape index (κ1) is 14.2. The summed E-state index contributed by atoms with van der Waals surface area (Å²) in [6, 6.07) is 8.77. The third-order valence-corrected chi connectivity index (χ3v) is 4.10. The third-order valence-electron chi connectivity index (χ3n) is 3.19. The molecular formula is C16H22N2S. The maximum atomic E-state index is 4.71. The predicted molar refractivity (Wildman–Crippen MR) is 83.9 cm³/mol. The minimum absolute atomic E-state index is 0.583. The summed E-state index contributed by atoms with van der Waals surface area (Å²) in [6.07, 6.45) is 1.02. The van der Waals surface area contributed by atoms with Crippen LogP contribution in [0.2, 0.25) is 0 Å². The van der Waals surface area contributed by atoms with Crippen LogP contribution in [0.1, 0.15) is 37.3 Å². The number of nitrogens with one attached hydrogen (secondary N) is 1. The lowest BCUT2D eigenvalue weighted by molar-refractivity contribution is 0.714. The molecule has 0 aliphatic carbocycles. The van der Waals surface area contributed by atoms with E-state index >= 15 is 0 Å². The molecule has 0 amide bonds. The van der Waals surface area contributed by atoms with Gasteiger partial charge in [0.2, 0.25) is 0 Å². The van der Waals surface area contributed by atoms with Crippen LogP contribution >= 0.6 is 11.3 Å². The summed E-state index contributed by atoms with van der Waals surface area (Å²) in [5.74, 6) is 0.583. The molecular weight excluding hydrogens is 252 g/mol. The van der Waals surface area contributed by atoms with Crippen LogP contribution in [0, 0.1) is 0 Å². The Kier molecular flexibility index (Phi) is 5.11. The molecule has 3 heteroatoms. The Morgan fingerprint density at radius 1 is 1.21 bits per heavy atom. The number of aromatic nitrogens is 1. The van der Waals surface area contributed by atoms with Gasteiger partial charge in [-0.15, -0.1) is 11.3 Å². The smallest absolute Gasteiger partial charge is 0.0945 e. The van der Waals surface area contributed by atoms with Crippen molar-refractivity contribution in [2.45, 2.75) is 33.1 Å². The van der Waals surface area contributed by atoms with Crippen LogP contribution in [-0.4, -0.2) is 18.1 Å². The largest absolute Gasteiger partial charge is 0.317 e. The van der Waals surface area contributed by atoms with Crippen molar-refractivity contribution in [3.8, 4) is 11.3 Å². The number of benzene rings is 1. The lowest BCUT2D eigenvalue weighted by Crippen LogP contribution is -2.15. The first-order chi connectivity index (χ1) is 9.20. The van der Waals surface area contributed by atoms with Gasteiger partial charge >= 0.3 is 0 Å². The topological polar surface area (TPSA) is 24.9 Å². The minimum Gasteiger partial charge on any atom is -0.317 e. The van der Waals surface area contributed by atoms with Crippen LogP contribution in [0.5, 0.6) is 0 Å². The normalized spacial score (nSPS) is 11.2. The minimum atomic E-state index is 0.583. The molecule has 0 radical (unpaired) electrons. The van der Waals surface area contributed by atoms with Gasteiger partial charge in [-0.2, -0.15) is 0 Å². The van der Waals surface area contributed by atoms with Crippen LogP contribution in [0.15, 0.2) is 29.6 Å². The van der Waals surface area contributed by atoms with E-state index in [0.29, 0.717) is 5.92 Å². The van der Waals surface area contributed by atoms with Crippen molar-refractivity contribution in [1.29, 1.82) is 0 Å². The van der Waals surface area contributed by atoms with E-state index in [9.17, 15) is 0 Å². The standard InChI is InChI=1S/C16H22N2S/c1-4-17-10-9-16-18-15(11-19-16)14-7-5-13(6-8-14)12(2)3/h5-8,11-12,17H,4,9-10H2,1-3H3. The Labute approximate surface area is 119 Å². The van der Waals surface area contributed by atoms with E-state index in [0.717, 1.165) is 25.2 Å². The fourth-order valence-corrected chi connectivity index (χ4v) is 2.78. The molecule has 102 valence electrons. The Bertz CT molecular complexity index is 500. The highest BCUT2D eigenvalue weighted by molar-refractivity contribution is 7.09. The highest BCUT2D eigenvalue weighted by atomic mass is 32.1. The molecule has 0 saturated heterocycles. The van der Waals surface area contributed by atoms with E-state index in [1.807, 2.05) is 0 Å². The molecule has 0 atom stereocenters. The molecule has 0 aliphatic heterocycles. The number of nitrogens with zero attached hydrogens (tertiary/aromatic N) is 1. The number of rotatable bonds is 6. The monoisotopic (exact) mass is 274 g/mol. The summed E-state index contributed by atoms with van der Waals surface area (Å²) < 4.78 is 0. The Morgan fingerprint density at radius 3 is 2.58 bits per heavy atom. The van der Waals surface area contributed by atoms with Gasteiger partial charge in [0.1, 0.15) is 0 Å². The average molecular weight is 274 g/mol. The average Bonchev–Trinajstić information content (AvgIpc) is 2.88. The first-order valence-corrected chi connectivity index (χ1v) is 7.84. The summed E-state index contributed by atoms with van der Waals surface area (Å²) in [6.45, 7) is 8.60. The summed E-state index contributed by atoms with van der Waals surface area (Å²) in [7, 11) is 0. The lowest BCUT2D eigenvalue weighted by atomic mass is 10.0. The maximum absolute atomic E-state index is 4.71. The molecule has 2 nitrogen and oxygen atoms in total. The van der Waals surface area contributed by atoms with E-state index in [1.165, 1.54) is 16.1 Å². The maximum Gasteiger partial charge on any atom is 0.0945 e. The van der Waals surface area contributed by atoms with Crippen molar-refractivity contribution in [2.75, 3.05) is 13.1 Å². The van der Waals surface area contributed by atoms with E-state index in [2.05, 4.69) is 55.7 Å². The van der Waals surface area contributed by atoms with Gasteiger partial charge in [-0.3, -0.25) is 0 Å². The lowest BCUT2D eigenvalue weighted by Gasteiger charge is -2.05. The van der Waals surface area contributed by atoms with Gasteiger partial charge < -0.3 is 5.32 Å². The number of hydrogen-bond donors (Lipinski definition) is 1. The van der Waals surface area contributed by atoms with Gasteiger partial charge in [0, 0.05) is 23.9 Å². The summed E-state index contributed by atoms with van der Waals surface area (Å²) >= 11 is 1.75. The van der Waals surface area contributed by atoms with Crippen molar-refractivity contribution in [3.63, 3.8) is 0 Å². The molecule has 0 spiro atoms. The zero-order valence-corrected chi connectivity index (χ0v) is 12.8. The Morgan fingerprint density at radius 2 is 1.95 bits per heavy atom. The summed E-state index contributed by atoms with van der Waals surface area (Å²) in [5.41, 5.74) is 3.70. The molecule has 1 N–H and O–H groups in total. The third kappa shape index (κ3) is 3.88. The van der Waals surface area contributed by atoms with Crippen molar-refractivity contribution < 1.29 is 0 Å². The molecule has 0 bridgehead atoms. The van der Waals surface area contributed by atoms with Gasteiger partial charge in [-0.1, -0.05) is 45.0 Å². The van der Waals surface area contributed by atoms with Gasteiger partial charge in [-0.05, 0) is 18.0 Å². The number of thiazole rings is 1. The van der Waals surface area contributed by atoms with Crippen molar-refractivity contribution >= 4 is 11.3 Å². The van der Waals surface area contributed by atoms with Crippen LogP contribution in [0.4, 0.5) is 0 Å². The Hall–Kier alpha value is -1.19. The summed E-state index contributed by atoms with van der Waals surface area (Å²) in [5, 5.41) is 6.70. The van der Waals surface area contributed by atoms with Crippen molar-refractivity contribution in [2.24, 2.45) is 0 Å². The van der Waals surface area contributed by atoms with E-state index in [-0.39, 0.29) is 0 Å². The highest BCUT2D eigenvalue weighted by Crippen LogP contribution is 2.24.